The second-order valence-corrected chi connectivity index (χ2v) is 5.39. The molecule has 1 heterocycles. The van der Waals surface area contributed by atoms with Gasteiger partial charge in [-0.15, -0.1) is 0 Å². The van der Waals surface area contributed by atoms with Crippen molar-refractivity contribution in [1.82, 2.24) is 0 Å². The lowest BCUT2D eigenvalue weighted by atomic mass is 9.78. The Bertz CT molecular complexity index is 369. The van der Waals surface area contributed by atoms with Gasteiger partial charge in [-0.2, -0.15) is 0 Å². The monoisotopic (exact) mass is 250 g/mol. The first-order valence-electron chi connectivity index (χ1n) is 6.95. The van der Waals surface area contributed by atoms with Crippen LogP contribution < -0.4 is 0 Å². The fourth-order valence-corrected chi connectivity index (χ4v) is 2.83. The van der Waals surface area contributed by atoms with E-state index in [9.17, 15) is 4.79 Å². The summed E-state index contributed by atoms with van der Waals surface area (Å²) < 4.78 is 10.7. The molecule has 3 nitrogen and oxygen atoms in total. The SMILES string of the molecule is CCC[C@H]1CC[C@H](C)C[C@@H]1OC(=O)c1ccco1. The summed E-state index contributed by atoms with van der Waals surface area (Å²) in [4.78, 5) is 11.9. The smallest absolute Gasteiger partial charge is 0.374 e. The molecule has 1 aliphatic carbocycles. The lowest BCUT2D eigenvalue weighted by Crippen LogP contribution is -2.33. The standard InChI is InChI=1S/C15H22O3/c1-3-5-12-8-7-11(2)10-14(12)18-15(16)13-6-4-9-17-13/h4,6,9,11-12,14H,3,5,7-8,10H2,1-2H3/t11-,12-,14-/m0/s1. The van der Waals surface area contributed by atoms with Crippen LogP contribution >= 0.6 is 0 Å². The van der Waals surface area contributed by atoms with E-state index in [4.69, 9.17) is 9.15 Å². The molecule has 1 aliphatic rings. The molecule has 0 N–H and O–H groups in total. The van der Waals surface area contributed by atoms with E-state index in [1.54, 1.807) is 12.1 Å². The molecule has 3 atom stereocenters. The topological polar surface area (TPSA) is 39.4 Å². The molecule has 3 heteroatoms. The number of esters is 1. The number of hydrogen-bond acceptors (Lipinski definition) is 3. The highest BCUT2D eigenvalue weighted by molar-refractivity contribution is 5.86. The van der Waals surface area contributed by atoms with Gasteiger partial charge < -0.3 is 9.15 Å². The Hall–Kier alpha value is -1.25. The Labute approximate surface area is 109 Å². The molecular weight excluding hydrogens is 228 g/mol. The summed E-state index contributed by atoms with van der Waals surface area (Å²) in [6, 6.07) is 3.37. The molecule has 0 bridgehead atoms. The van der Waals surface area contributed by atoms with Crippen molar-refractivity contribution in [2.75, 3.05) is 0 Å². The quantitative estimate of drug-likeness (QED) is 0.757. The third-order valence-electron chi connectivity index (χ3n) is 3.83. The molecule has 0 saturated heterocycles. The molecule has 18 heavy (non-hydrogen) atoms. The van der Waals surface area contributed by atoms with Crippen molar-refractivity contribution in [3.05, 3.63) is 24.2 Å². The van der Waals surface area contributed by atoms with Crippen LogP contribution in [-0.4, -0.2) is 12.1 Å². The molecule has 0 spiro atoms. The molecule has 0 aliphatic heterocycles. The fourth-order valence-electron chi connectivity index (χ4n) is 2.83. The average molecular weight is 250 g/mol. The van der Waals surface area contributed by atoms with E-state index in [0.717, 1.165) is 19.3 Å². The summed E-state index contributed by atoms with van der Waals surface area (Å²) in [5, 5.41) is 0. The summed E-state index contributed by atoms with van der Waals surface area (Å²) in [7, 11) is 0. The zero-order chi connectivity index (χ0) is 13.0. The van der Waals surface area contributed by atoms with E-state index in [0.29, 0.717) is 17.6 Å². The molecule has 0 radical (unpaired) electrons. The van der Waals surface area contributed by atoms with Crippen LogP contribution in [0.15, 0.2) is 22.8 Å². The maximum atomic E-state index is 11.9. The van der Waals surface area contributed by atoms with E-state index < -0.39 is 0 Å². The Morgan fingerprint density at radius 3 is 3.00 bits per heavy atom. The summed E-state index contributed by atoms with van der Waals surface area (Å²) in [6.07, 6.45) is 7.26. The van der Waals surface area contributed by atoms with Crippen molar-refractivity contribution < 1.29 is 13.9 Å². The predicted octanol–water partition coefficient (Wildman–Crippen LogP) is 4.04. The first kappa shape index (κ1) is 13.2. The van der Waals surface area contributed by atoms with Crippen LogP contribution in [-0.2, 0) is 4.74 Å². The number of carbonyl (C=O) groups is 1. The minimum atomic E-state index is -0.319. The summed E-state index contributed by atoms with van der Waals surface area (Å²) in [6.45, 7) is 4.42. The van der Waals surface area contributed by atoms with Crippen LogP contribution in [0.5, 0.6) is 0 Å². The van der Waals surface area contributed by atoms with Gasteiger partial charge in [0.2, 0.25) is 5.76 Å². The van der Waals surface area contributed by atoms with Gasteiger partial charge in [-0.25, -0.2) is 4.79 Å². The first-order valence-corrected chi connectivity index (χ1v) is 6.95. The fraction of sp³-hybridized carbons (Fsp3) is 0.667. The van der Waals surface area contributed by atoms with Crippen LogP contribution in [0.3, 0.4) is 0 Å². The van der Waals surface area contributed by atoms with Crippen molar-refractivity contribution in [2.24, 2.45) is 11.8 Å². The van der Waals surface area contributed by atoms with E-state index >= 15 is 0 Å². The highest BCUT2D eigenvalue weighted by atomic mass is 16.6. The first-order chi connectivity index (χ1) is 8.70. The maximum Gasteiger partial charge on any atom is 0.374 e. The van der Waals surface area contributed by atoms with Gasteiger partial charge in [-0.05, 0) is 43.2 Å². The third kappa shape index (κ3) is 3.15. The normalized spacial score (nSPS) is 28.0. The van der Waals surface area contributed by atoms with E-state index in [-0.39, 0.29) is 12.1 Å². The van der Waals surface area contributed by atoms with Crippen LogP contribution in [0, 0.1) is 11.8 Å². The molecule has 1 aromatic heterocycles. The van der Waals surface area contributed by atoms with Gasteiger partial charge in [0.05, 0.1) is 6.26 Å². The van der Waals surface area contributed by atoms with Crippen LogP contribution in [0.25, 0.3) is 0 Å². The number of hydrogen-bond donors (Lipinski definition) is 0. The van der Waals surface area contributed by atoms with Gasteiger partial charge in [0, 0.05) is 0 Å². The minimum absolute atomic E-state index is 0.0614. The van der Waals surface area contributed by atoms with Gasteiger partial charge in [0.15, 0.2) is 0 Å². The average Bonchev–Trinajstić information content (AvgIpc) is 2.86. The second-order valence-electron chi connectivity index (χ2n) is 5.39. The lowest BCUT2D eigenvalue weighted by molar-refractivity contribution is -0.0115. The molecule has 0 amide bonds. The largest absolute Gasteiger partial charge is 0.457 e. The molecule has 2 rings (SSSR count). The van der Waals surface area contributed by atoms with Gasteiger partial charge in [-0.1, -0.05) is 26.7 Å². The third-order valence-corrected chi connectivity index (χ3v) is 3.83. The van der Waals surface area contributed by atoms with Crippen molar-refractivity contribution in [3.8, 4) is 0 Å². The maximum absolute atomic E-state index is 11.9. The van der Waals surface area contributed by atoms with E-state index in [1.807, 2.05) is 0 Å². The Morgan fingerprint density at radius 2 is 2.33 bits per heavy atom. The number of rotatable bonds is 4. The van der Waals surface area contributed by atoms with Crippen LogP contribution in [0.1, 0.15) is 56.5 Å². The highest BCUT2D eigenvalue weighted by Gasteiger charge is 2.31. The Kier molecular flexibility index (Phi) is 4.45. The number of ether oxygens (including phenoxy) is 1. The Morgan fingerprint density at radius 1 is 1.50 bits per heavy atom. The van der Waals surface area contributed by atoms with Gasteiger partial charge in [-0.3, -0.25) is 0 Å². The zero-order valence-electron chi connectivity index (χ0n) is 11.2. The summed E-state index contributed by atoms with van der Waals surface area (Å²) in [5.41, 5.74) is 0. The molecule has 0 aromatic carbocycles. The van der Waals surface area contributed by atoms with Crippen LogP contribution in [0.4, 0.5) is 0 Å². The highest BCUT2D eigenvalue weighted by Crippen LogP contribution is 2.34. The minimum Gasteiger partial charge on any atom is -0.457 e. The number of carbonyl (C=O) groups excluding carboxylic acids is 1. The molecular formula is C15H22O3. The zero-order valence-corrected chi connectivity index (χ0v) is 11.2. The van der Waals surface area contributed by atoms with Crippen LogP contribution in [0.2, 0.25) is 0 Å². The van der Waals surface area contributed by atoms with Crippen molar-refractivity contribution in [1.29, 1.82) is 0 Å². The lowest BCUT2D eigenvalue weighted by Gasteiger charge is -2.34. The molecule has 0 unspecified atom stereocenters. The Balaban J connectivity index is 1.97. The summed E-state index contributed by atoms with van der Waals surface area (Å²) >= 11 is 0. The second kappa shape index (κ2) is 6.07. The molecule has 100 valence electrons. The van der Waals surface area contributed by atoms with Gasteiger partial charge in [0.1, 0.15) is 6.10 Å². The number of furan rings is 1. The molecule has 1 aromatic rings. The summed E-state index contributed by atoms with van der Waals surface area (Å²) in [5.74, 6) is 1.15. The van der Waals surface area contributed by atoms with Crippen molar-refractivity contribution in [2.45, 2.75) is 52.1 Å². The van der Waals surface area contributed by atoms with Gasteiger partial charge in [0.25, 0.3) is 0 Å². The van der Waals surface area contributed by atoms with Gasteiger partial charge >= 0.3 is 5.97 Å². The molecule has 1 saturated carbocycles. The molecule has 1 fully saturated rings. The van der Waals surface area contributed by atoms with Crippen molar-refractivity contribution in [3.63, 3.8) is 0 Å². The predicted molar refractivity (Wildman–Crippen MR) is 69.3 cm³/mol. The van der Waals surface area contributed by atoms with E-state index in [2.05, 4.69) is 13.8 Å². The van der Waals surface area contributed by atoms with E-state index in [1.165, 1.54) is 19.1 Å². The van der Waals surface area contributed by atoms with Crippen molar-refractivity contribution >= 4 is 5.97 Å².